The van der Waals surface area contributed by atoms with Crippen molar-refractivity contribution in [1.29, 1.82) is 0 Å². The van der Waals surface area contributed by atoms with Crippen LogP contribution in [0.3, 0.4) is 0 Å². The molecule has 190 valence electrons. The van der Waals surface area contributed by atoms with E-state index in [4.69, 9.17) is 16.6 Å². The van der Waals surface area contributed by atoms with Crippen molar-refractivity contribution in [1.82, 2.24) is 29.0 Å². The van der Waals surface area contributed by atoms with Crippen LogP contribution in [0.15, 0.2) is 42.6 Å². The van der Waals surface area contributed by atoms with Gasteiger partial charge in [0.2, 0.25) is 0 Å². The van der Waals surface area contributed by atoms with E-state index in [0.29, 0.717) is 10.7 Å². The number of aromatic nitrogens is 5. The van der Waals surface area contributed by atoms with E-state index in [-0.39, 0.29) is 18.0 Å². The van der Waals surface area contributed by atoms with Gasteiger partial charge in [-0.15, -0.1) is 10.2 Å². The van der Waals surface area contributed by atoms with Crippen molar-refractivity contribution < 1.29 is 4.79 Å². The Balaban J connectivity index is 1.59. The number of likely N-dealkylation sites (N-methyl/N-ethyl adjacent to an activating group) is 1. The standard InChI is InChI=1S/C28H30ClN7O/c1-16(2)35-25-23(30-27(35)20-7-6-12-33(5)14-20)28(37)36(24(25)19-8-10-21(29)11-9-19)22-13-17(3)26-32-31-18(4)34(26)15-22/h7-11,13,15-16,24H,6,12,14H2,1-5H3/t24-/m0/s1. The Labute approximate surface area is 221 Å². The van der Waals surface area contributed by atoms with E-state index in [2.05, 4.69) is 46.6 Å². The summed E-state index contributed by atoms with van der Waals surface area (Å²) in [6, 6.07) is 9.54. The van der Waals surface area contributed by atoms with Crippen molar-refractivity contribution in [2.24, 2.45) is 0 Å². The number of halogens is 1. The fourth-order valence-corrected chi connectivity index (χ4v) is 5.75. The fraction of sp³-hybridized carbons (Fsp3) is 0.357. The van der Waals surface area contributed by atoms with Crippen molar-refractivity contribution in [3.63, 3.8) is 0 Å². The lowest BCUT2D eigenvalue weighted by molar-refractivity contribution is 0.0989. The molecule has 1 amide bonds. The Kier molecular flexibility index (Phi) is 5.69. The maximum absolute atomic E-state index is 14.2. The van der Waals surface area contributed by atoms with Gasteiger partial charge >= 0.3 is 0 Å². The summed E-state index contributed by atoms with van der Waals surface area (Å²) in [6.45, 7) is 10.1. The third-order valence-corrected chi connectivity index (χ3v) is 7.59. The molecule has 0 N–H and O–H groups in total. The summed E-state index contributed by atoms with van der Waals surface area (Å²) in [5, 5.41) is 9.19. The zero-order valence-electron chi connectivity index (χ0n) is 21.7. The Morgan fingerprint density at radius 2 is 1.86 bits per heavy atom. The molecule has 5 heterocycles. The van der Waals surface area contributed by atoms with Gasteiger partial charge in [-0.1, -0.05) is 29.8 Å². The highest BCUT2D eigenvalue weighted by molar-refractivity contribution is 6.30. The largest absolute Gasteiger partial charge is 0.323 e. The second-order valence-corrected chi connectivity index (χ2v) is 10.8. The smallest absolute Gasteiger partial charge is 0.279 e. The van der Waals surface area contributed by atoms with E-state index in [1.165, 1.54) is 5.57 Å². The summed E-state index contributed by atoms with van der Waals surface area (Å²) in [6.07, 6.45) is 5.19. The molecule has 0 saturated heterocycles. The number of carbonyl (C=O) groups is 1. The number of pyridine rings is 1. The Morgan fingerprint density at radius 3 is 2.57 bits per heavy atom. The number of anilines is 1. The van der Waals surface area contributed by atoms with E-state index >= 15 is 0 Å². The van der Waals surface area contributed by atoms with Gasteiger partial charge in [0.1, 0.15) is 17.7 Å². The lowest BCUT2D eigenvalue weighted by atomic mass is 10.0. The molecule has 2 aliphatic rings. The molecule has 1 aromatic carbocycles. The van der Waals surface area contributed by atoms with Gasteiger partial charge < -0.3 is 9.47 Å². The predicted molar refractivity (Wildman–Crippen MR) is 145 cm³/mol. The van der Waals surface area contributed by atoms with Crippen LogP contribution in [-0.4, -0.2) is 55.1 Å². The van der Waals surface area contributed by atoms with Crippen molar-refractivity contribution in [3.8, 4) is 0 Å². The summed E-state index contributed by atoms with van der Waals surface area (Å²) in [5.74, 6) is 1.55. The Bertz CT molecular complexity index is 1560. The Hall–Kier alpha value is -3.49. The van der Waals surface area contributed by atoms with Gasteiger partial charge in [-0.3, -0.25) is 14.1 Å². The maximum Gasteiger partial charge on any atom is 0.279 e. The quantitative estimate of drug-likeness (QED) is 0.371. The lowest BCUT2D eigenvalue weighted by Crippen LogP contribution is -2.31. The van der Waals surface area contributed by atoms with Crippen LogP contribution < -0.4 is 4.90 Å². The van der Waals surface area contributed by atoms with Gasteiger partial charge in [0.25, 0.3) is 5.91 Å². The molecular weight excluding hydrogens is 486 g/mol. The second kappa shape index (κ2) is 8.82. The van der Waals surface area contributed by atoms with Crippen LogP contribution in [0.4, 0.5) is 5.69 Å². The number of carbonyl (C=O) groups excluding carboxylic acids is 1. The van der Waals surface area contributed by atoms with Gasteiger partial charge in [0.15, 0.2) is 11.3 Å². The molecule has 0 bridgehead atoms. The minimum Gasteiger partial charge on any atom is -0.323 e. The second-order valence-electron chi connectivity index (χ2n) is 10.3. The van der Waals surface area contributed by atoms with Gasteiger partial charge in [-0.05, 0) is 70.5 Å². The number of fused-ring (bicyclic) bond motifs is 2. The van der Waals surface area contributed by atoms with E-state index in [1.807, 2.05) is 59.7 Å². The highest BCUT2D eigenvalue weighted by Gasteiger charge is 2.45. The molecule has 0 radical (unpaired) electrons. The number of hydrogen-bond acceptors (Lipinski definition) is 5. The van der Waals surface area contributed by atoms with Crippen LogP contribution >= 0.6 is 11.6 Å². The molecule has 8 nitrogen and oxygen atoms in total. The van der Waals surface area contributed by atoms with Gasteiger partial charge in [0.05, 0.1) is 11.4 Å². The third-order valence-electron chi connectivity index (χ3n) is 7.34. The first kappa shape index (κ1) is 23.9. The van der Waals surface area contributed by atoms with Gasteiger partial charge in [-0.25, -0.2) is 4.98 Å². The average molecular weight is 516 g/mol. The molecule has 0 aliphatic carbocycles. The highest BCUT2D eigenvalue weighted by atomic mass is 35.5. The topological polar surface area (TPSA) is 71.6 Å². The van der Waals surface area contributed by atoms with Crippen molar-refractivity contribution in [3.05, 3.63) is 81.8 Å². The predicted octanol–water partition coefficient (Wildman–Crippen LogP) is 5.25. The minimum absolute atomic E-state index is 0.107. The first-order chi connectivity index (χ1) is 17.7. The molecule has 0 unspecified atom stereocenters. The van der Waals surface area contributed by atoms with Crippen molar-refractivity contribution in [2.75, 3.05) is 25.0 Å². The third kappa shape index (κ3) is 3.78. The number of amides is 1. The molecule has 0 spiro atoms. The molecule has 9 heteroatoms. The van der Waals surface area contributed by atoms with Crippen LogP contribution in [0.2, 0.25) is 5.02 Å². The van der Waals surface area contributed by atoms with Crippen LogP contribution in [0.1, 0.15) is 71.3 Å². The van der Waals surface area contributed by atoms with Crippen LogP contribution in [0, 0.1) is 13.8 Å². The number of aryl methyl sites for hydroxylation is 2. The summed E-state index contributed by atoms with van der Waals surface area (Å²) in [7, 11) is 2.12. The zero-order chi connectivity index (χ0) is 26.0. The maximum atomic E-state index is 14.2. The molecule has 2 aliphatic heterocycles. The summed E-state index contributed by atoms with van der Waals surface area (Å²) in [4.78, 5) is 23.4. The number of rotatable bonds is 4. The van der Waals surface area contributed by atoms with E-state index in [0.717, 1.165) is 59.3 Å². The molecule has 1 atom stereocenters. The molecule has 0 fully saturated rings. The first-order valence-electron chi connectivity index (χ1n) is 12.7. The fourth-order valence-electron chi connectivity index (χ4n) is 5.62. The number of hydrogen-bond donors (Lipinski definition) is 0. The molecule has 4 aromatic rings. The van der Waals surface area contributed by atoms with Crippen molar-refractivity contribution in [2.45, 2.75) is 46.2 Å². The summed E-state index contributed by atoms with van der Waals surface area (Å²) < 4.78 is 4.20. The van der Waals surface area contributed by atoms with Crippen molar-refractivity contribution >= 4 is 34.4 Å². The van der Waals surface area contributed by atoms with Gasteiger partial charge in [0, 0.05) is 35.9 Å². The van der Waals surface area contributed by atoms with Crippen LogP contribution in [-0.2, 0) is 0 Å². The molecular formula is C28H30ClN7O. The first-order valence-corrected chi connectivity index (χ1v) is 13.0. The number of benzene rings is 1. The molecule has 3 aromatic heterocycles. The summed E-state index contributed by atoms with van der Waals surface area (Å²) in [5.41, 5.74) is 6.10. The van der Waals surface area contributed by atoms with Crippen LogP contribution in [0.5, 0.6) is 0 Å². The molecule has 37 heavy (non-hydrogen) atoms. The SMILES string of the molecule is Cc1cc(N2C(=O)c3nc(C4=CCCN(C)C4)n(C(C)C)c3[C@@H]2c2ccc(Cl)cc2)cn2c(C)nnc12. The lowest BCUT2D eigenvalue weighted by Gasteiger charge is -2.30. The van der Waals surface area contributed by atoms with E-state index in [9.17, 15) is 4.79 Å². The van der Waals surface area contributed by atoms with Gasteiger partial charge in [-0.2, -0.15) is 0 Å². The molecule has 6 rings (SSSR count). The average Bonchev–Trinajstić information content (AvgIpc) is 3.52. The molecule has 0 saturated carbocycles. The number of imidazole rings is 1. The number of nitrogens with zero attached hydrogens (tertiary/aromatic N) is 7. The zero-order valence-corrected chi connectivity index (χ0v) is 22.5. The minimum atomic E-state index is -0.348. The van der Waals surface area contributed by atoms with E-state index in [1.54, 1.807) is 0 Å². The normalized spacial score (nSPS) is 18.2. The van der Waals surface area contributed by atoms with E-state index < -0.39 is 0 Å². The Morgan fingerprint density at radius 1 is 1.11 bits per heavy atom. The summed E-state index contributed by atoms with van der Waals surface area (Å²) >= 11 is 6.27. The monoisotopic (exact) mass is 515 g/mol. The van der Waals surface area contributed by atoms with Crippen LogP contribution in [0.25, 0.3) is 11.2 Å². The highest BCUT2D eigenvalue weighted by Crippen LogP contribution is 2.44.